The van der Waals surface area contributed by atoms with Gasteiger partial charge in [0.2, 0.25) is 11.8 Å². The molecule has 0 bridgehead atoms. The van der Waals surface area contributed by atoms with Gasteiger partial charge in [0.05, 0.1) is 13.2 Å². The molecule has 1 aromatic carbocycles. The van der Waals surface area contributed by atoms with Crippen LogP contribution in [0.15, 0.2) is 29.8 Å². The van der Waals surface area contributed by atoms with Crippen molar-refractivity contribution in [2.75, 3.05) is 19.5 Å². The van der Waals surface area contributed by atoms with Crippen molar-refractivity contribution in [2.24, 2.45) is 5.92 Å². The zero-order valence-electron chi connectivity index (χ0n) is 22.4. The predicted octanol–water partition coefficient (Wildman–Crippen LogP) is 6.18. The van der Waals surface area contributed by atoms with E-state index in [0.29, 0.717) is 29.5 Å². The van der Waals surface area contributed by atoms with Crippen LogP contribution < -0.4 is 14.8 Å². The predicted molar refractivity (Wildman–Crippen MR) is 145 cm³/mol. The van der Waals surface area contributed by atoms with Gasteiger partial charge in [0, 0.05) is 12.6 Å². The normalized spacial score (nSPS) is 20.9. The number of rotatable bonds is 11. The van der Waals surface area contributed by atoms with Crippen LogP contribution in [0.3, 0.4) is 0 Å². The van der Waals surface area contributed by atoms with Crippen molar-refractivity contribution in [3.05, 3.63) is 35.4 Å². The van der Waals surface area contributed by atoms with Crippen LogP contribution in [0.25, 0.3) is 0 Å². The molecular weight excluding hydrogens is 476 g/mol. The molecular formula is C29H43ClN2O4. The molecule has 1 atom stereocenters. The quantitative estimate of drug-likeness (QED) is 0.280. The highest BCUT2D eigenvalue weighted by molar-refractivity contribution is 6.27. The second-order valence-electron chi connectivity index (χ2n) is 10.5. The van der Waals surface area contributed by atoms with Crippen LogP contribution in [-0.2, 0) is 9.59 Å². The van der Waals surface area contributed by atoms with Gasteiger partial charge < -0.3 is 19.7 Å². The number of hydrogen-bond acceptors (Lipinski definition) is 4. The van der Waals surface area contributed by atoms with Gasteiger partial charge >= 0.3 is 0 Å². The third kappa shape index (κ3) is 7.89. The maximum atomic E-state index is 13.8. The number of benzene rings is 1. The molecule has 7 heteroatoms. The Morgan fingerprint density at radius 1 is 1.14 bits per heavy atom. The summed E-state index contributed by atoms with van der Waals surface area (Å²) in [6.07, 6.45) is 11.7. The lowest BCUT2D eigenvalue weighted by atomic mass is 9.87. The summed E-state index contributed by atoms with van der Waals surface area (Å²) in [5.74, 6) is 1.26. The molecule has 0 aliphatic heterocycles. The highest BCUT2D eigenvalue weighted by Gasteiger charge is 2.33. The molecule has 2 amide bonds. The Hall–Kier alpha value is -2.21. The third-order valence-corrected chi connectivity index (χ3v) is 7.51. The Kier molecular flexibility index (Phi) is 11.0. The number of alkyl halides is 1. The van der Waals surface area contributed by atoms with Crippen molar-refractivity contribution in [2.45, 2.75) is 96.7 Å². The molecule has 1 saturated carbocycles. The minimum atomic E-state index is -0.790. The fraction of sp³-hybridized carbons (Fsp3) is 0.655. The number of amides is 2. The van der Waals surface area contributed by atoms with Crippen LogP contribution in [0.2, 0.25) is 0 Å². The molecule has 0 saturated heterocycles. The standard InChI is InChI=1S/C29H43ClN2O4/c1-20(2)36-25-15-12-23(18-26(25)35-4)28(29(34)31-24-13-10-21(3)11-14-24)32(27(33)19-30)17-16-22-8-6-5-7-9-22/h8,12,15,18,20-21,24,28H,5-7,9-11,13-14,16-17,19H2,1-4H3,(H,31,34)/t21?,24?,28-/m1/s1. The number of ether oxygens (including phenoxy) is 2. The third-order valence-electron chi connectivity index (χ3n) is 7.28. The Morgan fingerprint density at radius 2 is 1.89 bits per heavy atom. The lowest BCUT2D eigenvalue weighted by Gasteiger charge is -2.34. The van der Waals surface area contributed by atoms with Gasteiger partial charge in [-0.1, -0.05) is 24.6 Å². The second-order valence-corrected chi connectivity index (χ2v) is 10.8. The molecule has 0 radical (unpaired) electrons. The van der Waals surface area contributed by atoms with Gasteiger partial charge in [-0.2, -0.15) is 0 Å². The summed E-state index contributed by atoms with van der Waals surface area (Å²) in [6.45, 7) is 6.61. The monoisotopic (exact) mass is 518 g/mol. The molecule has 0 aromatic heterocycles. The zero-order valence-corrected chi connectivity index (χ0v) is 23.1. The van der Waals surface area contributed by atoms with Crippen LogP contribution in [0.4, 0.5) is 0 Å². The van der Waals surface area contributed by atoms with Gasteiger partial charge in [-0.3, -0.25) is 9.59 Å². The van der Waals surface area contributed by atoms with E-state index in [2.05, 4.69) is 18.3 Å². The van der Waals surface area contributed by atoms with Crippen LogP contribution >= 0.6 is 11.6 Å². The molecule has 1 fully saturated rings. The Morgan fingerprint density at radius 3 is 2.50 bits per heavy atom. The lowest BCUT2D eigenvalue weighted by molar-refractivity contribution is -0.139. The molecule has 1 N–H and O–H groups in total. The minimum Gasteiger partial charge on any atom is -0.493 e. The lowest BCUT2D eigenvalue weighted by Crippen LogP contribution is -2.48. The van der Waals surface area contributed by atoms with Crippen LogP contribution in [0, 0.1) is 5.92 Å². The van der Waals surface area contributed by atoms with Crippen molar-refractivity contribution in [3.8, 4) is 11.5 Å². The largest absolute Gasteiger partial charge is 0.493 e. The Balaban J connectivity index is 1.92. The SMILES string of the molecule is COc1cc([C@H](C(=O)NC2CCC(C)CC2)N(CCC2=CCCCC2)C(=O)CCl)ccc1OC(C)C. The van der Waals surface area contributed by atoms with E-state index in [9.17, 15) is 9.59 Å². The van der Waals surface area contributed by atoms with Crippen molar-refractivity contribution >= 4 is 23.4 Å². The number of nitrogens with one attached hydrogen (secondary N) is 1. The van der Waals surface area contributed by atoms with Gasteiger partial charge in [0.15, 0.2) is 11.5 Å². The van der Waals surface area contributed by atoms with E-state index in [1.54, 1.807) is 12.0 Å². The smallest absolute Gasteiger partial charge is 0.247 e. The summed E-state index contributed by atoms with van der Waals surface area (Å²) >= 11 is 6.07. The first-order chi connectivity index (χ1) is 17.3. The summed E-state index contributed by atoms with van der Waals surface area (Å²) in [7, 11) is 1.59. The number of allylic oxidation sites excluding steroid dienone is 1. The van der Waals surface area contributed by atoms with E-state index < -0.39 is 6.04 Å². The highest BCUT2D eigenvalue weighted by Crippen LogP contribution is 2.34. The van der Waals surface area contributed by atoms with Crippen LogP contribution in [-0.4, -0.2) is 48.4 Å². The van der Waals surface area contributed by atoms with Crippen molar-refractivity contribution in [1.29, 1.82) is 0 Å². The van der Waals surface area contributed by atoms with Crippen LogP contribution in [0.5, 0.6) is 11.5 Å². The average molecular weight is 519 g/mol. The number of carbonyl (C=O) groups excluding carboxylic acids is 2. The molecule has 3 rings (SSSR count). The van der Waals surface area contributed by atoms with Gasteiger partial charge in [-0.15, -0.1) is 11.6 Å². The molecule has 2 aliphatic rings. The molecule has 2 aliphatic carbocycles. The Labute approximate surface area is 221 Å². The molecule has 36 heavy (non-hydrogen) atoms. The molecule has 0 heterocycles. The van der Waals surface area contributed by atoms with E-state index in [0.717, 1.165) is 44.9 Å². The second kappa shape index (κ2) is 13.9. The molecule has 6 nitrogen and oxygen atoms in total. The zero-order chi connectivity index (χ0) is 26.1. The summed E-state index contributed by atoms with van der Waals surface area (Å²) in [4.78, 5) is 28.6. The van der Waals surface area contributed by atoms with E-state index in [4.69, 9.17) is 21.1 Å². The summed E-state index contributed by atoms with van der Waals surface area (Å²) in [5, 5.41) is 3.26. The maximum absolute atomic E-state index is 13.8. The van der Waals surface area contributed by atoms with Crippen molar-refractivity contribution < 1.29 is 19.1 Å². The first-order valence-electron chi connectivity index (χ1n) is 13.5. The van der Waals surface area contributed by atoms with Gasteiger partial charge in [-0.25, -0.2) is 0 Å². The fourth-order valence-electron chi connectivity index (χ4n) is 5.23. The topological polar surface area (TPSA) is 67.9 Å². The number of carbonyl (C=O) groups is 2. The first kappa shape index (κ1) is 28.4. The number of hydrogen-bond donors (Lipinski definition) is 1. The summed E-state index contributed by atoms with van der Waals surface area (Å²) in [6, 6.07) is 4.84. The van der Waals surface area contributed by atoms with E-state index in [1.165, 1.54) is 18.4 Å². The van der Waals surface area contributed by atoms with Gasteiger partial charge in [0.25, 0.3) is 0 Å². The highest BCUT2D eigenvalue weighted by atomic mass is 35.5. The van der Waals surface area contributed by atoms with E-state index in [-0.39, 0.29) is 29.8 Å². The number of halogens is 1. The number of nitrogens with zero attached hydrogens (tertiary/aromatic N) is 1. The first-order valence-corrected chi connectivity index (χ1v) is 14.0. The fourth-order valence-corrected chi connectivity index (χ4v) is 5.39. The Bertz CT molecular complexity index is 909. The van der Waals surface area contributed by atoms with E-state index in [1.807, 2.05) is 32.0 Å². The molecule has 200 valence electrons. The van der Waals surface area contributed by atoms with Crippen molar-refractivity contribution in [3.63, 3.8) is 0 Å². The van der Waals surface area contributed by atoms with E-state index >= 15 is 0 Å². The summed E-state index contributed by atoms with van der Waals surface area (Å²) in [5.41, 5.74) is 2.05. The number of methoxy groups -OCH3 is 1. The molecule has 0 spiro atoms. The molecule has 1 aromatic rings. The minimum absolute atomic E-state index is 0.0179. The van der Waals surface area contributed by atoms with Gasteiger partial charge in [0.1, 0.15) is 11.9 Å². The molecule has 0 unspecified atom stereocenters. The van der Waals surface area contributed by atoms with Gasteiger partial charge in [-0.05, 0) is 95.2 Å². The van der Waals surface area contributed by atoms with Crippen molar-refractivity contribution in [1.82, 2.24) is 10.2 Å². The summed E-state index contributed by atoms with van der Waals surface area (Å²) < 4.78 is 11.5. The maximum Gasteiger partial charge on any atom is 0.247 e. The average Bonchev–Trinajstić information content (AvgIpc) is 2.88. The van der Waals surface area contributed by atoms with Crippen LogP contribution in [0.1, 0.15) is 90.2 Å².